The molecule has 4 heteroatoms. The SMILES string of the molecule is O=S([O-])Cc1ccc2sccc2c1. The van der Waals surface area contributed by atoms with E-state index in [0.717, 1.165) is 10.9 Å². The Bertz CT molecular complexity index is 448. The molecule has 0 aliphatic carbocycles. The van der Waals surface area contributed by atoms with E-state index in [0.29, 0.717) is 0 Å². The molecular weight excluding hydrogens is 204 g/mol. The van der Waals surface area contributed by atoms with Crippen molar-refractivity contribution in [2.75, 3.05) is 0 Å². The van der Waals surface area contributed by atoms with Gasteiger partial charge in [0.2, 0.25) is 0 Å². The number of hydrogen-bond donors (Lipinski definition) is 0. The Morgan fingerprint density at radius 1 is 1.38 bits per heavy atom. The van der Waals surface area contributed by atoms with Crippen LogP contribution in [0.1, 0.15) is 5.56 Å². The summed E-state index contributed by atoms with van der Waals surface area (Å²) in [6, 6.07) is 7.73. The zero-order valence-electron chi connectivity index (χ0n) is 6.73. The van der Waals surface area contributed by atoms with Gasteiger partial charge >= 0.3 is 0 Å². The zero-order valence-corrected chi connectivity index (χ0v) is 8.36. The van der Waals surface area contributed by atoms with Crippen LogP contribution >= 0.6 is 11.3 Å². The molecule has 68 valence electrons. The van der Waals surface area contributed by atoms with Gasteiger partial charge in [0.05, 0.1) is 0 Å². The molecule has 0 aliphatic rings. The van der Waals surface area contributed by atoms with Gasteiger partial charge in [-0.25, -0.2) is 0 Å². The Balaban J connectivity index is 2.42. The normalized spacial score (nSPS) is 13.3. The van der Waals surface area contributed by atoms with E-state index < -0.39 is 11.1 Å². The Morgan fingerprint density at radius 3 is 3.00 bits per heavy atom. The van der Waals surface area contributed by atoms with Gasteiger partial charge in [0.1, 0.15) is 0 Å². The van der Waals surface area contributed by atoms with Crippen LogP contribution in [0.15, 0.2) is 29.6 Å². The van der Waals surface area contributed by atoms with Crippen LogP contribution in [-0.4, -0.2) is 8.76 Å². The fourth-order valence-corrected chi connectivity index (χ4v) is 2.46. The molecule has 1 aromatic carbocycles. The van der Waals surface area contributed by atoms with Crippen LogP contribution < -0.4 is 0 Å². The molecule has 0 spiro atoms. The van der Waals surface area contributed by atoms with Crippen molar-refractivity contribution in [3.8, 4) is 0 Å². The van der Waals surface area contributed by atoms with Crippen molar-refractivity contribution in [3.05, 3.63) is 35.2 Å². The molecule has 1 aromatic heterocycles. The monoisotopic (exact) mass is 211 g/mol. The van der Waals surface area contributed by atoms with Gasteiger partial charge in [0.15, 0.2) is 0 Å². The Labute approximate surface area is 82.5 Å². The van der Waals surface area contributed by atoms with Gasteiger partial charge < -0.3 is 4.55 Å². The van der Waals surface area contributed by atoms with E-state index in [1.165, 1.54) is 4.70 Å². The van der Waals surface area contributed by atoms with Crippen molar-refractivity contribution >= 4 is 32.5 Å². The van der Waals surface area contributed by atoms with Gasteiger partial charge in [-0.05, 0) is 34.5 Å². The quantitative estimate of drug-likeness (QED) is 0.715. The van der Waals surface area contributed by atoms with E-state index in [1.807, 2.05) is 29.6 Å². The number of fused-ring (bicyclic) bond motifs is 1. The molecule has 0 N–H and O–H groups in total. The first-order valence-electron chi connectivity index (χ1n) is 3.78. The second kappa shape index (κ2) is 3.57. The minimum Gasteiger partial charge on any atom is -0.772 e. The van der Waals surface area contributed by atoms with Gasteiger partial charge in [0.25, 0.3) is 0 Å². The van der Waals surface area contributed by atoms with Crippen LogP contribution in [0, 0.1) is 0 Å². The van der Waals surface area contributed by atoms with Crippen molar-refractivity contribution in [1.82, 2.24) is 0 Å². The van der Waals surface area contributed by atoms with Crippen LogP contribution in [0.5, 0.6) is 0 Å². The maximum Gasteiger partial charge on any atom is 0.0353 e. The maximum atomic E-state index is 10.4. The van der Waals surface area contributed by atoms with Gasteiger partial charge in [-0.15, -0.1) is 11.3 Å². The lowest BCUT2D eigenvalue weighted by molar-refractivity contribution is 0.536. The summed E-state index contributed by atoms with van der Waals surface area (Å²) in [7, 11) is 0. The molecule has 0 aliphatic heterocycles. The average Bonchev–Trinajstić information content (AvgIpc) is 2.49. The van der Waals surface area contributed by atoms with E-state index >= 15 is 0 Å². The van der Waals surface area contributed by atoms with Gasteiger partial charge in [0, 0.05) is 10.5 Å². The standard InChI is InChI=1S/C9H8O2S2/c10-13(11)6-7-1-2-9-8(5-7)3-4-12-9/h1-5H,6H2,(H,10,11)/p-1. The summed E-state index contributed by atoms with van der Waals surface area (Å²) in [5.74, 6) is 0.103. The number of thiophene rings is 1. The van der Waals surface area contributed by atoms with E-state index in [-0.39, 0.29) is 5.75 Å². The first kappa shape index (κ1) is 8.87. The third-order valence-corrected chi connectivity index (χ3v) is 3.27. The fourth-order valence-electron chi connectivity index (χ4n) is 1.24. The molecule has 2 rings (SSSR count). The molecule has 1 unspecified atom stereocenters. The molecule has 13 heavy (non-hydrogen) atoms. The lowest BCUT2D eigenvalue weighted by Crippen LogP contribution is -1.92. The third kappa shape index (κ3) is 1.96. The second-order valence-electron chi connectivity index (χ2n) is 2.74. The first-order valence-corrected chi connectivity index (χ1v) is 5.90. The molecule has 0 radical (unpaired) electrons. The highest BCUT2D eigenvalue weighted by atomic mass is 32.2. The first-order chi connectivity index (χ1) is 6.25. The lowest BCUT2D eigenvalue weighted by atomic mass is 10.2. The second-order valence-corrected chi connectivity index (χ2v) is 4.58. The predicted octanol–water partition coefficient (Wildman–Crippen LogP) is 2.28. The molecule has 0 saturated heterocycles. The largest absolute Gasteiger partial charge is 0.772 e. The van der Waals surface area contributed by atoms with E-state index in [2.05, 4.69) is 0 Å². The van der Waals surface area contributed by atoms with Crippen LogP contribution in [-0.2, 0) is 16.8 Å². The summed E-state index contributed by atoms with van der Waals surface area (Å²) in [4.78, 5) is 0. The molecule has 1 heterocycles. The highest BCUT2D eigenvalue weighted by molar-refractivity contribution is 7.78. The van der Waals surface area contributed by atoms with Crippen LogP contribution in [0.3, 0.4) is 0 Å². The average molecular weight is 211 g/mol. The van der Waals surface area contributed by atoms with Gasteiger partial charge in [-0.1, -0.05) is 17.1 Å². The Morgan fingerprint density at radius 2 is 2.23 bits per heavy atom. The van der Waals surface area contributed by atoms with Gasteiger partial charge in [-0.2, -0.15) is 0 Å². The summed E-state index contributed by atoms with van der Waals surface area (Å²) in [6.45, 7) is 0. The number of benzene rings is 1. The number of rotatable bonds is 2. The van der Waals surface area contributed by atoms with E-state index in [4.69, 9.17) is 0 Å². The molecule has 1 atom stereocenters. The summed E-state index contributed by atoms with van der Waals surface area (Å²) in [5, 5.41) is 3.12. The minimum absolute atomic E-state index is 0.103. The molecule has 0 fully saturated rings. The fraction of sp³-hybridized carbons (Fsp3) is 0.111. The van der Waals surface area contributed by atoms with Crippen molar-refractivity contribution in [2.24, 2.45) is 0 Å². The third-order valence-electron chi connectivity index (χ3n) is 1.80. The van der Waals surface area contributed by atoms with Crippen molar-refractivity contribution < 1.29 is 8.76 Å². The lowest BCUT2D eigenvalue weighted by Gasteiger charge is -2.04. The molecular formula is C9H7O2S2-. The molecule has 0 bridgehead atoms. The zero-order chi connectivity index (χ0) is 9.26. The van der Waals surface area contributed by atoms with Crippen LogP contribution in [0.4, 0.5) is 0 Å². The Hall–Kier alpha value is -0.710. The summed E-state index contributed by atoms with van der Waals surface area (Å²) in [6.07, 6.45) is 0. The van der Waals surface area contributed by atoms with Crippen molar-refractivity contribution in [1.29, 1.82) is 0 Å². The van der Waals surface area contributed by atoms with Crippen LogP contribution in [0.2, 0.25) is 0 Å². The number of hydrogen-bond acceptors (Lipinski definition) is 3. The van der Waals surface area contributed by atoms with Crippen LogP contribution in [0.25, 0.3) is 10.1 Å². The van der Waals surface area contributed by atoms with Crippen molar-refractivity contribution in [2.45, 2.75) is 5.75 Å². The highest BCUT2D eigenvalue weighted by Crippen LogP contribution is 2.22. The highest BCUT2D eigenvalue weighted by Gasteiger charge is 1.97. The predicted molar refractivity (Wildman–Crippen MR) is 54.4 cm³/mol. The molecule has 2 aromatic rings. The van der Waals surface area contributed by atoms with Crippen molar-refractivity contribution in [3.63, 3.8) is 0 Å². The summed E-state index contributed by atoms with van der Waals surface area (Å²) < 4.78 is 22.1. The summed E-state index contributed by atoms with van der Waals surface area (Å²) >= 11 is -0.333. The van der Waals surface area contributed by atoms with E-state index in [9.17, 15) is 8.76 Å². The summed E-state index contributed by atoms with van der Waals surface area (Å²) in [5.41, 5.74) is 0.847. The molecule has 2 nitrogen and oxygen atoms in total. The Kier molecular flexibility index (Phi) is 2.44. The molecule has 0 amide bonds. The van der Waals surface area contributed by atoms with E-state index in [1.54, 1.807) is 11.3 Å². The molecule has 0 saturated carbocycles. The topological polar surface area (TPSA) is 40.1 Å². The van der Waals surface area contributed by atoms with Gasteiger partial charge in [-0.3, -0.25) is 4.21 Å². The minimum atomic E-state index is -1.99. The smallest absolute Gasteiger partial charge is 0.0353 e. The maximum absolute atomic E-state index is 10.4.